The van der Waals surface area contributed by atoms with Gasteiger partial charge in [0.2, 0.25) is 0 Å². The highest BCUT2D eigenvalue weighted by atomic mass is 15.2. The summed E-state index contributed by atoms with van der Waals surface area (Å²) < 4.78 is 0. The van der Waals surface area contributed by atoms with Gasteiger partial charge in [0.15, 0.2) is 5.82 Å². The van der Waals surface area contributed by atoms with Crippen LogP contribution in [-0.4, -0.2) is 16.2 Å². The highest BCUT2D eigenvalue weighted by Gasteiger charge is 2.25. The summed E-state index contributed by atoms with van der Waals surface area (Å²) >= 11 is 0. The van der Waals surface area contributed by atoms with Crippen LogP contribution in [0.1, 0.15) is 32.6 Å². The lowest BCUT2D eigenvalue weighted by Gasteiger charge is -2.17. The molecular weight excluding hydrogens is 222 g/mol. The fourth-order valence-electron chi connectivity index (χ4n) is 2.41. The summed E-state index contributed by atoms with van der Waals surface area (Å²) in [5, 5.41) is 14.2. The molecule has 0 bridgehead atoms. The molecule has 0 saturated heterocycles. The van der Waals surface area contributed by atoms with E-state index in [-0.39, 0.29) is 0 Å². The molecule has 1 fully saturated rings. The van der Waals surface area contributed by atoms with Crippen molar-refractivity contribution in [2.45, 2.75) is 38.6 Å². The molecule has 94 valence electrons. The van der Waals surface area contributed by atoms with E-state index >= 15 is 0 Å². The van der Waals surface area contributed by atoms with Crippen molar-refractivity contribution in [1.82, 2.24) is 10.2 Å². The molecule has 18 heavy (non-hydrogen) atoms. The molecule has 1 unspecified atom stereocenters. The van der Waals surface area contributed by atoms with Crippen LogP contribution in [-0.2, 0) is 0 Å². The number of nitrogens with one attached hydrogen (secondary N) is 1. The first kappa shape index (κ1) is 11.5. The van der Waals surface area contributed by atoms with Crippen molar-refractivity contribution < 1.29 is 0 Å². The predicted octanol–water partition coefficient (Wildman–Crippen LogP) is 3.62. The molecule has 3 nitrogen and oxygen atoms in total. The van der Waals surface area contributed by atoms with Gasteiger partial charge in [-0.1, -0.05) is 44.0 Å². The lowest BCUT2D eigenvalue weighted by Crippen LogP contribution is -2.20. The van der Waals surface area contributed by atoms with Crippen LogP contribution in [0.25, 0.3) is 10.8 Å². The van der Waals surface area contributed by atoms with Gasteiger partial charge >= 0.3 is 0 Å². The summed E-state index contributed by atoms with van der Waals surface area (Å²) in [5.74, 6) is 1.87. The van der Waals surface area contributed by atoms with Gasteiger partial charge in [0, 0.05) is 16.8 Å². The minimum atomic E-state index is 0.526. The van der Waals surface area contributed by atoms with E-state index in [4.69, 9.17) is 0 Å². The lowest BCUT2D eigenvalue weighted by molar-refractivity contribution is 0.585. The van der Waals surface area contributed by atoms with Crippen LogP contribution in [0.15, 0.2) is 30.5 Å². The van der Waals surface area contributed by atoms with E-state index in [1.165, 1.54) is 24.6 Å². The number of aromatic nitrogens is 2. The monoisotopic (exact) mass is 241 g/mol. The second kappa shape index (κ2) is 4.92. The maximum atomic E-state index is 4.26. The van der Waals surface area contributed by atoms with Gasteiger partial charge in [0.05, 0.1) is 6.20 Å². The molecular formula is C15H19N3. The largest absolute Gasteiger partial charge is 0.365 e. The number of hydrogen-bond donors (Lipinski definition) is 1. The quantitative estimate of drug-likeness (QED) is 0.868. The number of fused-ring (bicyclic) bond motifs is 1. The van der Waals surface area contributed by atoms with Gasteiger partial charge in [-0.3, -0.25) is 0 Å². The molecule has 3 rings (SSSR count). The minimum absolute atomic E-state index is 0.526. The molecule has 0 spiro atoms. The molecule has 1 N–H and O–H groups in total. The Morgan fingerprint density at radius 1 is 1.33 bits per heavy atom. The zero-order valence-electron chi connectivity index (χ0n) is 10.8. The molecule has 1 saturated carbocycles. The number of anilines is 1. The molecule has 0 amide bonds. The van der Waals surface area contributed by atoms with Crippen LogP contribution in [0.4, 0.5) is 5.82 Å². The van der Waals surface area contributed by atoms with E-state index in [0.717, 1.165) is 23.5 Å². The van der Waals surface area contributed by atoms with Crippen LogP contribution in [0.2, 0.25) is 0 Å². The average Bonchev–Trinajstić information content (AvgIpc) is 3.22. The molecule has 1 heterocycles. The topological polar surface area (TPSA) is 37.8 Å². The first-order valence-corrected chi connectivity index (χ1v) is 6.83. The van der Waals surface area contributed by atoms with Crippen molar-refractivity contribution in [1.29, 1.82) is 0 Å². The number of hydrogen-bond acceptors (Lipinski definition) is 3. The second-order valence-corrected chi connectivity index (χ2v) is 5.21. The third-order valence-corrected chi connectivity index (χ3v) is 3.72. The second-order valence-electron chi connectivity index (χ2n) is 5.21. The van der Waals surface area contributed by atoms with Crippen molar-refractivity contribution in [3.63, 3.8) is 0 Å². The Balaban J connectivity index is 1.84. The van der Waals surface area contributed by atoms with Crippen molar-refractivity contribution in [2.24, 2.45) is 5.92 Å². The Kier molecular flexibility index (Phi) is 3.13. The van der Waals surface area contributed by atoms with E-state index in [1.807, 2.05) is 12.3 Å². The molecule has 1 aliphatic carbocycles. The SMILES string of the molecule is CCC(CC1CC1)Nc1nncc2ccccc12. The summed E-state index contributed by atoms with van der Waals surface area (Å²) in [6, 6.07) is 8.80. The molecule has 2 aromatic rings. The third kappa shape index (κ3) is 2.45. The Labute approximate surface area is 108 Å². The summed E-state index contributed by atoms with van der Waals surface area (Å²) in [6.07, 6.45) is 7.03. The normalized spacial score (nSPS) is 16.7. The fraction of sp³-hybridized carbons (Fsp3) is 0.467. The maximum absolute atomic E-state index is 4.26. The Hall–Kier alpha value is -1.64. The zero-order chi connectivity index (χ0) is 12.4. The average molecular weight is 241 g/mol. The van der Waals surface area contributed by atoms with Crippen LogP contribution in [0.3, 0.4) is 0 Å². The summed E-state index contributed by atoms with van der Waals surface area (Å²) in [4.78, 5) is 0. The molecule has 1 aromatic heterocycles. The van der Waals surface area contributed by atoms with E-state index < -0.39 is 0 Å². The zero-order valence-corrected chi connectivity index (χ0v) is 10.8. The molecule has 1 aliphatic rings. The number of benzene rings is 1. The summed E-state index contributed by atoms with van der Waals surface area (Å²) in [6.45, 7) is 2.23. The minimum Gasteiger partial charge on any atom is -0.365 e. The number of rotatable bonds is 5. The Morgan fingerprint density at radius 2 is 2.17 bits per heavy atom. The molecule has 0 aliphatic heterocycles. The molecule has 1 atom stereocenters. The first-order chi connectivity index (χ1) is 8.86. The van der Waals surface area contributed by atoms with Crippen molar-refractivity contribution in [3.8, 4) is 0 Å². The lowest BCUT2D eigenvalue weighted by atomic mass is 10.1. The van der Waals surface area contributed by atoms with E-state index in [0.29, 0.717) is 6.04 Å². The van der Waals surface area contributed by atoms with Gasteiger partial charge in [-0.2, -0.15) is 5.10 Å². The Morgan fingerprint density at radius 3 is 2.94 bits per heavy atom. The Bertz CT molecular complexity index is 529. The van der Waals surface area contributed by atoms with E-state index in [2.05, 4.69) is 40.6 Å². The van der Waals surface area contributed by atoms with Gasteiger partial charge in [0.25, 0.3) is 0 Å². The van der Waals surface area contributed by atoms with Gasteiger partial charge in [-0.15, -0.1) is 5.10 Å². The first-order valence-electron chi connectivity index (χ1n) is 6.83. The molecule has 1 aromatic carbocycles. The van der Waals surface area contributed by atoms with Crippen molar-refractivity contribution in [2.75, 3.05) is 5.32 Å². The van der Waals surface area contributed by atoms with E-state index in [9.17, 15) is 0 Å². The molecule has 0 radical (unpaired) electrons. The predicted molar refractivity (Wildman–Crippen MR) is 74.6 cm³/mol. The summed E-state index contributed by atoms with van der Waals surface area (Å²) in [7, 11) is 0. The van der Waals surface area contributed by atoms with Crippen LogP contribution < -0.4 is 5.32 Å². The maximum Gasteiger partial charge on any atom is 0.156 e. The summed E-state index contributed by atoms with van der Waals surface area (Å²) in [5.41, 5.74) is 0. The van der Waals surface area contributed by atoms with E-state index in [1.54, 1.807) is 0 Å². The number of nitrogens with zero attached hydrogens (tertiary/aromatic N) is 2. The van der Waals surface area contributed by atoms with Gasteiger partial charge in [-0.25, -0.2) is 0 Å². The van der Waals surface area contributed by atoms with Gasteiger partial charge in [0.1, 0.15) is 0 Å². The van der Waals surface area contributed by atoms with Crippen LogP contribution in [0, 0.1) is 5.92 Å². The highest BCUT2D eigenvalue weighted by Crippen LogP contribution is 2.35. The highest BCUT2D eigenvalue weighted by molar-refractivity contribution is 5.90. The smallest absolute Gasteiger partial charge is 0.156 e. The fourth-order valence-corrected chi connectivity index (χ4v) is 2.41. The van der Waals surface area contributed by atoms with Gasteiger partial charge in [-0.05, 0) is 18.8 Å². The molecule has 3 heteroatoms. The van der Waals surface area contributed by atoms with Crippen molar-refractivity contribution in [3.05, 3.63) is 30.5 Å². The third-order valence-electron chi connectivity index (χ3n) is 3.72. The van der Waals surface area contributed by atoms with Crippen LogP contribution in [0.5, 0.6) is 0 Å². The standard InChI is InChI=1S/C15H19N3/c1-2-13(9-11-7-8-11)17-15-14-6-4-3-5-12(14)10-16-18-15/h3-6,10-11,13H,2,7-9H2,1H3,(H,17,18). The van der Waals surface area contributed by atoms with Crippen molar-refractivity contribution >= 4 is 16.6 Å². The van der Waals surface area contributed by atoms with Crippen LogP contribution >= 0.6 is 0 Å². The van der Waals surface area contributed by atoms with Gasteiger partial charge < -0.3 is 5.32 Å².